The van der Waals surface area contributed by atoms with Crippen LogP contribution >= 0.6 is 11.3 Å². The maximum Gasteiger partial charge on any atom is 0.160 e. The van der Waals surface area contributed by atoms with Gasteiger partial charge in [0, 0.05) is 53.0 Å². The number of fused-ring (bicyclic) bond motifs is 7. The van der Waals surface area contributed by atoms with Crippen molar-refractivity contribution in [2.45, 2.75) is 0 Å². The van der Waals surface area contributed by atoms with E-state index in [2.05, 4.69) is 174 Å². The van der Waals surface area contributed by atoms with Crippen molar-refractivity contribution in [2.24, 2.45) is 0 Å². The topological polar surface area (TPSA) is 30.2 Å². The number of aromatic nitrogens is 3. The number of rotatable bonds is 4. The highest BCUT2D eigenvalue weighted by molar-refractivity contribution is 7.26. The Balaban J connectivity index is 1.15. The number of nitrogens with zero attached hydrogens (tertiary/aromatic N) is 3. The molecule has 0 radical (unpaired) electrons. The van der Waals surface area contributed by atoms with Gasteiger partial charge in [-0.15, -0.1) is 11.3 Å². The van der Waals surface area contributed by atoms with Crippen LogP contribution in [0.5, 0.6) is 0 Å². The van der Waals surface area contributed by atoms with E-state index in [0.717, 1.165) is 28.1 Å². The van der Waals surface area contributed by atoms with Crippen molar-refractivity contribution in [3.8, 4) is 45.0 Å². The Labute approximate surface area is 326 Å². The second-order valence-corrected chi connectivity index (χ2v) is 15.6. The zero-order chi connectivity index (χ0) is 36.7. The molecule has 4 heteroatoms. The van der Waals surface area contributed by atoms with Gasteiger partial charge in [0.25, 0.3) is 0 Å². The second-order valence-electron chi connectivity index (χ2n) is 14.5. The van der Waals surface area contributed by atoms with Crippen molar-refractivity contribution in [3.63, 3.8) is 0 Å². The molecule has 0 aliphatic rings. The Morgan fingerprint density at radius 1 is 0.339 bits per heavy atom. The van der Waals surface area contributed by atoms with Gasteiger partial charge in [-0.25, -0.2) is 9.97 Å². The maximum absolute atomic E-state index is 5.24. The molecule has 0 spiro atoms. The van der Waals surface area contributed by atoms with Crippen molar-refractivity contribution in [2.75, 3.05) is 0 Å². The fourth-order valence-corrected chi connectivity index (χ4v) is 9.98. The van der Waals surface area contributed by atoms with E-state index >= 15 is 0 Å². The van der Waals surface area contributed by atoms with Crippen molar-refractivity contribution in [3.05, 3.63) is 188 Å². The Bertz CT molecular complexity index is 3510. The lowest BCUT2D eigenvalue weighted by Crippen LogP contribution is -1.96. The van der Waals surface area contributed by atoms with Crippen LogP contribution in [0.4, 0.5) is 0 Å². The summed E-state index contributed by atoms with van der Waals surface area (Å²) in [5.41, 5.74) is 10.9. The summed E-state index contributed by atoms with van der Waals surface area (Å²) in [6, 6.07) is 67.8. The standard InChI is InChI=1S/C52H31N3S/c1-3-12-32(13-4-1)33-24-26-34(27-25-33)43-31-44(54-52(53-43)35-14-5-2-6-15-35)36-28-29-45-42(30-36)41-20-9-19-40-38-17-8-7-16-37(38)39-18-10-22-47-49(39)50-46(55(45)51(40)41)21-11-23-48(50)56-47/h1-31H. The summed E-state index contributed by atoms with van der Waals surface area (Å²) < 4.78 is 5.13. The summed E-state index contributed by atoms with van der Waals surface area (Å²) in [6.07, 6.45) is 0. The van der Waals surface area contributed by atoms with E-state index in [1.54, 1.807) is 0 Å². The molecule has 0 amide bonds. The third-order valence-electron chi connectivity index (χ3n) is 11.4. The molecule has 0 aliphatic heterocycles. The fraction of sp³-hybridized carbons (Fsp3) is 0. The molecule has 0 unspecified atom stereocenters. The van der Waals surface area contributed by atoms with Gasteiger partial charge in [-0.3, -0.25) is 0 Å². The highest BCUT2D eigenvalue weighted by Crippen LogP contribution is 2.44. The Kier molecular flexibility index (Phi) is 6.80. The van der Waals surface area contributed by atoms with Crippen molar-refractivity contribution < 1.29 is 0 Å². The van der Waals surface area contributed by atoms with Crippen LogP contribution in [0.1, 0.15) is 0 Å². The van der Waals surface area contributed by atoms with Crippen LogP contribution < -0.4 is 0 Å². The van der Waals surface area contributed by atoms with Gasteiger partial charge in [0.1, 0.15) is 0 Å². The minimum absolute atomic E-state index is 0.709. The molecule has 0 atom stereocenters. The van der Waals surface area contributed by atoms with E-state index in [4.69, 9.17) is 9.97 Å². The molecular weight excluding hydrogens is 699 g/mol. The van der Waals surface area contributed by atoms with Crippen LogP contribution in [-0.2, 0) is 0 Å². The molecule has 56 heavy (non-hydrogen) atoms. The molecule has 12 aromatic rings. The molecule has 0 fully saturated rings. The Hall–Kier alpha value is -7.14. The van der Waals surface area contributed by atoms with Crippen LogP contribution in [0.15, 0.2) is 188 Å². The van der Waals surface area contributed by atoms with E-state index in [1.807, 2.05) is 29.5 Å². The van der Waals surface area contributed by atoms with Gasteiger partial charge in [-0.2, -0.15) is 0 Å². The lowest BCUT2D eigenvalue weighted by atomic mass is 10.00. The highest BCUT2D eigenvalue weighted by atomic mass is 32.1. The monoisotopic (exact) mass is 729 g/mol. The number of para-hydroxylation sites is 1. The molecule has 0 N–H and O–H groups in total. The predicted molar refractivity (Wildman–Crippen MR) is 238 cm³/mol. The predicted octanol–water partition coefficient (Wildman–Crippen LogP) is 14.4. The third-order valence-corrected chi connectivity index (χ3v) is 12.5. The average Bonchev–Trinajstić information content (AvgIpc) is 3.84. The summed E-state index contributed by atoms with van der Waals surface area (Å²) >= 11 is 1.88. The zero-order valence-corrected chi connectivity index (χ0v) is 31.0. The molecule has 0 bridgehead atoms. The number of thiophene rings is 1. The van der Waals surface area contributed by atoms with E-state index in [-0.39, 0.29) is 0 Å². The summed E-state index contributed by atoms with van der Waals surface area (Å²) in [4.78, 5) is 10.4. The normalized spacial score (nSPS) is 11.9. The molecular formula is C52H31N3S. The lowest BCUT2D eigenvalue weighted by Gasteiger charge is -2.10. The van der Waals surface area contributed by atoms with Crippen molar-refractivity contribution in [1.82, 2.24) is 14.4 Å². The average molecular weight is 730 g/mol. The fourth-order valence-electron chi connectivity index (χ4n) is 8.83. The molecule has 0 saturated carbocycles. The van der Waals surface area contributed by atoms with Gasteiger partial charge in [-0.05, 0) is 63.7 Å². The summed E-state index contributed by atoms with van der Waals surface area (Å²) in [7, 11) is 0. The Morgan fingerprint density at radius 3 is 1.64 bits per heavy atom. The zero-order valence-electron chi connectivity index (χ0n) is 30.1. The molecule has 0 saturated heterocycles. The van der Waals surface area contributed by atoms with E-state index in [1.165, 1.54) is 80.2 Å². The second kappa shape index (κ2) is 12.2. The van der Waals surface area contributed by atoms with E-state index < -0.39 is 0 Å². The molecule has 4 heterocycles. The van der Waals surface area contributed by atoms with Gasteiger partial charge in [0.05, 0.1) is 27.9 Å². The van der Waals surface area contributed by atoms with E-state index in [0.29, 0.717) is 5.82 Å². The van der Waals surface area contributed by atoms with E-state index in [9.17, 15) is 0 Å². The number of hydrogen-bond acceptors (Lipinski definition) is 3. The molecule has 0 aliphatic carbocycles. The van der Waals surface area contributed by atoms with Crippen LogP contribution in [-0.4, -0.2) is 14.4 Å². The summed E-state index contributed by atoms with van der Waals surface area (Å²) in [5.74, 6) is 0.709. The third kappa shape index (κ3) is 4.70. The van der Waals surface area contributed by atoms with Gasteiger partial charge >= 0.3 is 0 Å². The van der Waals surface area contributed by atoms with Crippen LogP contribution in [0, 0.1) is 0 Å². The summed E-state index contributed by atoms with van der Waals surface area (Å²) in [6.45, 7) is 0. The molecule has 12 rings (SSSR count). The lowest BCUT2D eigenvalue weighted by molar-refractivity contribution is 1.18. The van der Waals surface area contributed by atoms with Crippen molar-refractivity contribution in [1.29, 1.82) is 0 Å². The van der Waals surface area contributed by atoms with Gasteiger partial charge < -0.3 is 4.40 Å². The minimum Gasteiger partial charge on any atom is -0.308 e. The smallest absolute Gasteiger partial charge is 0.160 e. The van der Waals surface area contributed by atoms with Crippen LogP contribution in [0.3, 0.4) is 0 Å². The highest BCUT2D eigenvalue weighted by Gasteiger charge is 2.19. The Morgan fingerprint density at radius 2 is 0.875 bits per heavy atom. The van der Waals surface area contributed by atoms with Crippen LogP contribution in [0.25, 0.3) is 114 Å². The maximum atomic E-state index is 5.24. The first-order chi connectivity index (χ1) is 27.8. The first-order valence-corrected chi connectivity index (χ1v) is 19.8. The van der Waals surface area contributed by atoms with Crippen molar-refractivity contribution >= 4 is 80.4 Å². The summed E-state index contributed by atoms with van der Waals surface area (Å²) in [5, 5.41) is 10.1. The SMILES string of the molecule is c1ccc(-c2ccc(-c3cc(-c4ccc5c(c4)c4cccc6c7ccccc7c7cccc8sc9cccc(c9c87)n5c64)nc(-c4ccccc4)n3)cc2)cc1. The van der Waals surface area contributed by atoms with Crippen LogP contribution in [0.2, 0.25) is 0 Å². The minimum atomic E-state index is 0.709. The molecule has 3 nitrogen and oxygen atoms in total. The van der Waals surface area contributed by atoms with Gasteiger partial charge in [0.15, 0.2) is 5.82 Å². The number of hydrogen-bond donors (Lipinski definition) is 0. The first kappa shape index (κ1) is 31.2. The molecule has 260 valence electrons. The first-order valence-electron chi connectivity index (χ1n) is 19.0. The number of benzene rings is 8. The van der Waals surface area contributed by atoms with Gasteiger partial charge in [-0.1, -0.05) is 152 Å². The molecule has 4 aromatic heterocycles. The van der Waals surface area contributed by atoms with Gasteiger partial charge in [0.2, 0.25) is 0 Å². The quantitative estimate of drug-likeness (QED) is 0.181. The largest absolute Gasteiger partial charge is 0.308 e. The molecule has 8 aromatic carbocycles.